The molecule has 0 radical (unpaired) electrons. The van der Waals surface area contributed by atoms with Crippen LogP contribution in [0.15, 0.2) is 63.5 Å². The van der Waals surface area contributed by atoms with Crippen LogP contribution in [-0.4, -0.2) is 0 Å². The fraction of sp³-hybridized carbons (Fsp3) is 0.167. The molecule has 0 amide bonds. The van der Waals surface area contributed by atoms with Crippen LogP contribution < -0.4 is 0 Å². The highest BCUT2D eigenvalue weighted by atomic mass is 32.2. The Labute approximate surface area is 214 Å². The zero-order chi connectivity index (χ0) is 24.1. The predicted octanol–water partition coefficient (Wildman–Crippen LogP) is 8.50. The van der Waals surface area contributed by atoms with Crippen molar-refractivity contribution in [1.29, 1.82) is 21.0 Å². The van der Waals surface area contributed by atoms with E-state index in [1.54, 1.807) is 59.2 Å². The van der Waals surface area contributed by atoms with Gasteiger partial charge in [0.2, 0.25) is 0 Å². The van der Waals surface area contributed by atoms with Gasteiger partial charge in [0.1, 0.15) is 35.4 Å². The number of rotatable bonds is 4. The third-order valence-electron chi connectivity index (χ3n) is 4.61. The molecule has 1 aromatic rings. The highest BCUT2D eigenvalue weighted by Gasteiger charge is 2.23. The van der Waals surface area contributed by atoms with Crippen molar-refractivity contribution in [3.05, 3.63) is 73.3 Å². The van der Waals surface area contributed by atoms with E-state index in [0.29, 0.717) is 0 Å². The molecular weight excluding hydrogens is 505 g/mol. The first-order valence-corrected chi connectivity index (χ1v) is 13.6. The van der Waals surface area contributed by atoms with Crippen molar-refractivity contribution in [2.45, 2.75) is 27.7 Å². The fourth-order valence-corrected chi connectivity index (χ4v) is 9.11. The lowest BCUT2D eigenvalue weighted by atomic mass is 10.1. The van der Waals surface area contributed by atoms with Crippen molar-refractivity contribution in [2.75, 3.05) is 0 Å². The molecule has 3 rings (SSSR count). The maximum atomic E-state index is 9.34. The third kappa shape index (κ3) is 5.71. The molecule has 162 valence electrons. The second-order valence-corrected chi connectivity index (χ2v) is 13.3. The zero-order valence-electron chi connectivity index (χ0n) is 18.1. The Bertz CT molecular complexity index is 1220. The van der Waals surface area contributed by atoms with Gasteiger partial charge >= 0.3 is 0 Å². The lowest BCUT2D eigenvalue weighted by Crippen LogP contribution is -1.83. The van der Waals surface area contributed by atoms with Gasteiger partial charge in [-0.05, 0) is 71.6 Å². The van der Waals surface area contributed by atoms with Crippen LogP contribution in [0.1, 0.15) is 37.4 Å². The maximum absolute atomic E-state index is 9.34. The summed E-state index contributed by atoms with van der Waals surface area (Å²) >= 11 is 8.09. The molecule has 0 spiro atoms. The number of allylic oxidation sites excluding steroid dienone is 10. The van der Waals surface area contributed by atoms with E-state index in [2.05, 4.69) is 27.7 Å². The van der Waals surface area contributed by atoms with Gasteiger partial charge in [0.15, 0.2) is 0 Å². The minimum atomic E-state index is 0.0444. The van der Waals surface area contributed by atoms with Crippen LogP contribution in [0.25, 0.3) is 11.1 Å². The predicted molar refractivity (Wildman–Crippen MR) is 144 cm³/mol. The molecule has 1 aromatic heterocycles. The number of thiophene rings is 1. The first-order valence-electron chi connectivity index (χ1n) is 9.50. The average molecular weight is 521 g/mol. The van der Waals surface area contributed by atoms with E-state index in [4.69, 9.17) is 0 Å². The quantitative estimate of drug-likeness (QED) is 0.365. The molecule has 0 saturated heterocycles. The lowest BCUT2D eigenvalue weighted by Gasteiger charge is -2.06. The number of hydrogen-bond donors (Lipinski definition) is 0. The zero-order valence-corrected chi connectivity index (χ0v) is 22.2. The van der Waals surface area contributed by atoms with E-state index >= 15 is 0 Å². The van der Waals surface area contributed by atoms with Crippen LogP contribution in [0.4, 0.5) is 0 Å². The first kappa shape index (κ1) is 25.1. The highest BCUT2D eigenvalue weighted by molar-refractivity contribution is 8.29. The normalized spacial score (nSPS) is 14.9. The summed E-state index contributed by atoms with van der Waals surface area (Å²) in [5.74, 6) is 0. The molecule has 3 heterocycles. The van der Waals surface area contributed by atoms with Crippen molar-refractivity contribution in [2.24, 2.45) is 0 Å². The van der Waals surface area contributed by atoms with Gasteiger partial charge in [-0.15, -0.1) is 11.3 Å². The summed E-state index contributed by atoms with van der Waals surface area (Å²) in [4.78, 5) is 6.62. The molecule has 9 heteroatoms. The van der Waals surface area contributed by atoms with E-state index in [-0.39, 0.29) is 11.1 Å². The third-order valence-corrected chi connectivity index (χ3v) is 11.1. The van der Waals surface area contributed by atoms with Gasteiger partial charge in [-0.3, -0.25) is 0 Å². The highest BCUT2D eigenvalue weighted by Crippen LogP contribution is 2.54. The van der Waals surface area contributed by atoms with Crippen LogP contribution in [0.5, 0.6) is 0 Å². The summed E-state index contributed by atoms with van der Waals surface area (Å²) in [6.45, 7) is 8.23. The van der Waals surface area contributed by atoms with Crippen LogP contribution in [0.2, 0.25) is 0 Å². The summed E-state index contributed by atoms with van der Waals surface area (Å²) < 4.78 is 2.05. The van der Waals surface area contributed by atoms with Crippen molar-refractivity contribution >= 4 is 69.5 Å². The Morgan fingerprint density at radius 1 is 0.606 bits per heavy atom. The van der Waals surface area contributed by atoms with Crippen LogP contribution in [0.3, 0.4) is 0 Å². The molecule has 0 aromatic carbocycles. The Balaban J connectivity index is 2.16. The molecule has 0 bridgehead atoms. The SMILES string of the molecule is CC1=C(C)SC(=C(C=C(C#N)C#N)c2ccc(C(C=C(C#N)C#N)=C3SC(C)=C(C)S3)s2)S1. The van der Waals surface area contributed by atoms with Crippen LogP contribution >= 0.6 is 58.4 Å². The first-order chi connectivity index (χ1) is 15.8. The van der Waals surface area contributed by atoms with Gasteiger partial charge in [0.25, 0.3) is 0 Å². The van der Waals surface area contributed by atoms with Crippen molar-refractivity contribution in [3.8, 4) is 24.3 Å². The van der Waals surface area contributed by atoms with Gasteiger partial charge < -0.3 is 0 Å². The van der Waals surface area contributed by atoms with Crippen LogP contribution in [-0.2, 0) is 0 Å². The van der Waals surface area contributed by atoms with Gasteiger partial charge in [-0.25, -0.2) is 0 Å². The second kappa shape index (κ2) is 11.1. The van der Waals surface area contributed by atoms with E-state index in [1.807, 2.05) is 36.4 Å². The van der Waals surface area contributed by atoms with Gasteiger partial charge in [0, 0.05) is 20.9 Å². The minimum absolute atomic E-state index is 0.0444. The summed E-state index contributed by atoms with van der Waals surface area (Å²) in [5, 5.41) is 37.4. The average Bonchev–Trinajstić information content (AvgIpc) is 3.50. The van der Waals surface area contributed by atoms with E-state index < -0.39 is 0 Å². The number of nitriles is 4. The molecule has 2 aliphatic rings. The standard InChI is InChI=1S/C24H16N4S5/c1-13-14(2)30-23(29-13)19(7-17(9-25)10-26)21-5-6-22(33-21)20(8-18(11-27)12-28)24-31-15(3)16(4)32-24/h5-8H,1-4H3. The molecule has 0 unspecified atom stereocenters. The second-order valence-electron chi connectivity index (χ2n) is 6.76. The van der Waals surface area contributed by atoms with Gasteiger partial charge in [0.05, 0.1) is 8.47 Å². The van der Waals surface area contributed by atoms with Crippen molar-refractivity contribution in [1.82, 2.24) is 0 Å². The molecule has 0 saturated carbocycles. The number of hydrogen-bond acceptors (Lipinski definition) is 9. The van der Waals surface area contributed by atoms with E-state index in [9.17, 15) is 21.0 Å². The maximum Gasteiger partial charge on any atom is 0.130 e. The van der Waals surface area contributed by atoms with Gasteiger partial charge in [-0.2, -0.15) is 21.0 Å². The van der Waals surface area contributed by atoms with Crippen molar-refractivity contribution < 1.29 is 0 Å². The molecule has 33 heavy (non-hydrogen) atoms. The molecule has 4 nitrogen and oxygen atoms in total. The van der Waals surface area contributed by atoms with Gasteiger partial charge in [-0.1, -0.05) is 47.0 Å². The molecule has 0 fully saturated rings. The molecular formula is C24H16N4S5. The Kier molecular flexibility index (Phi) is 8.44. The summed E-state index contributed by atoms with van der Waals surface area (Å²) in [5.41, 5.74) is 1.76. The Hall–Kier alpha value is -2.50. The molecule has 2 aliphatic heterocycles. The summed E-state index contributed by atoms with van der Waals surface area (Å²) in [6.07, 6.45) is 3.29. The topological polar surface area (TPSA) is 95.2 Å². The number of nitrogens with zero attached hydrogens (tertiary/aromatic N) is 4. The largest absolute Gasteiger partial charge is 0.192 e. The summed E-state index contributed by atoms with van der Waals surface area (Å²) in [6, 6.07) is 11.8. The van der Waals surface area contributed by atoms with Crippen molar-refractivity contribution in [3.63, 3.8) is 0 Å². The smallest absolute Gasteiger partial charge is 0.130 e. The monoisotopic (exact) mass is 520 g/mol. The molecule has 0 N–H and O–H groups in total. The van der Waals surface area contributed by atoms with E-state index in [1.165, 1.54) is 31.0 Å². The fourth-order valence-electron chi connectivity index (χ4n) is 2.66. The lowest BCUT2D eigenvalue weighted by molar-refractivity contribution is 1.46. The van der Waals surface area contributed by atoms with Crippen LogP contribution in [0, 0.1) is 45.3 Å². The molecule has 0 atom stereocenters. The Morgan fingerprint density at radius 3 is 1.18 bits per heavy atom. The molecule has 0 aliphatic carbocycles. The summed E-state index contributed by atoms with van der Waals surface area (Å²) in [7, 11) is 0. The number of thioether (sulfide) groups is 4. The Morgan fingerprint density at radius 2 is 0.909 bits per heavy atom. The minimum Gasteiger partial charge on any atom is -0.192 e. The van der Waals surface area contributed by atoms with E-state index in [0.717, 1.165) is 29.4 Å².